The molecule has 0 aromatic heterocycles. The van der Waals surface area contributed by atoms with E-state index in [0.29, 0.717) is 26.3 Å². The lowest BCUT2D eigenvalue weighted by molar-refractivity contribution is -0.181. The van der Waals surface area contributed by atoms with Gasteiger partial charge in [-0.1, -0.05) is 0 Å². The third-order valence-electron chi connectivity index (χ3n) is 2.78. The number of hydrogen-bond acceptors (Lipinski definition) is 7. The maximum atomic E-state index is 12.0. The average molecular weight is 319 g/mol. The maximum absolute atomic E-state index is 12.0. The Kier molecular flexibility index (Phi) is 9.97. The molecule has 0 fully saturated rings. The molecule has 0 aliphatic heterocycles. The van der Waals surface area contributed by atoms with Crippen LogP contribution in [0.2, 0.25) is 0 Å². The summed E-state index contributed by atoms with van der Waals surface area (Å²) in [5.74, 6) is -1.05. The normalized spacial score (nSPS) is 11.8. The van der Waals surface area contributed by atoms with Gasteiger partial charge in [-0.25, -0.2) is 4.79 Å². The zero-order valence-electron chi connectivity index (χ0n) is 14.5. The van der Waals surface area contributed by atoms with Gasteiger partial charge in [-0.05, 0) is 27.7 Å². The highest BCUT2D eigenvalue weighted by Crippen LogP contribution is 2.13. The van der Waals surface area contributed by atoms with Crippen molar-refractivity contribution in [2.24, 2.45) is 0 Å². The van der Waals surface area contributed by atoms with Gasteiger partial charge in [0.15, 0.2) is 0 Å². The Bertz CT molecular complexity index is 335. The quantitative estimate of drug-likeness (QED) is 0.523. The molecule has 0 saturated carbocycles. The highest BCUT2D eigenvalue weighted by atomic mass is 16.6. The molecule has 22 heavy (non-hydrogen) atoms. The van der Waals surface area contributed by atoms with Gasteiger partial charge in [0.1, 0.15) is 0 Å². The second kappa shape index (κ2) is 10.5. The number of carbonyl (C=O) groups is 2. The Morgan fingerprint density at radius 1 is 1.05 bits per heavy atom. The molecule has 0 radical (unpaired) electrons. The Morgan fingerprint density at radius 3 is 1.95 bits per heavy atom. The second-order valence-electron chi connectivity index (χ2n) is 5.70. The largest absolute Gasteiger partial charge is 0.460 e. The van der Waals surface area contributed by atoms with Crippen LogP contribution in [-0.2, 0) is 28.5 Å². The highest BCUT2D eigenvalue weighted by Gasteiger charge is 2.34. The van der Waals surface area contributed by atoms with E-state index in [4.69, 9.17) is 18.9 Å². The van der Waals surface area contributed by atoms with Crippen molar-refractivity contribution in [2.45, 2.75) is 39.4 Å². The van der Waals surface area contributed by atoms with Crippen molar-refractivity contribution in [3.8, 4) is 0 Å². The van der Waals surface area contributed by atoms with E-state index in [1.165, 1.54) is 13.8 Å². The van der Waals surface area contributed by atoms with Gasteiger partial charge in [-0.2, -0.15) is 0 Å². The molecule has 0 heterocycles. The first-order valence-electron chi connectivity index (χ1n) is 7.36. The van der Waals surface area contributed by atoms with Gasteiger partial charge in [-0.3, -0.25) is 9.69 Å². The summed E-state index contributed by atoms with van der Waals surface area (Å²) < 4.78 is 20.4. The van der Waals surface area contributed by atoms with Crippen LogP contribution in [0.1, 0.15) is 27.7 Å². The molecule has 0 aromatic rings. The van der Waals surface area contributed by atoms with Crippen molar-refractivity contribution in [3.05, 3.63) is 0 Å². The summed E-state index contributed by atoms with van der Waals surface area (Å²) in [6.07, 6.45) is -0.259. The van der Waals surface area contributed by atoms with Crippen molar-refractivity contribution in [1.82, 2.24) is 4.90 Å². The smallest absolute Gasteiger partial charge is 0.350 e. The summed E-state index contributed by atoms with van der Waals surface area (Å²) in [6.45, 7) is 8.73. The Labute approximate surface area is 132 Å². The van der Waals surface area contributed by atoms with Crippen molar-refractivity contribution in [3.63, 3.8) is 0 Å². The monoisotopic (exact) mass is 319 g/mol. The zero-order valence-corrected chi connectivity index (χ0v) is 14.5. The first-order valence-corrected chi connectivity index (χ1v) is 7.36. The molecule has 0 unspecified atom stereocenters. The Hall–Kier alpha value is -1.18. The predicted molar refractivity (Wildman–Crippen MR) is 81.6 cm³/mol. The van der Waals surface area contributed by atoms with Gasteiger partial charge in [0.25, 0.3) is 0 Å². The second-order valence-corrected chi connectivity index (χ2v) is 5.70. The number of hydrogen-bond donors (Lipinski definition) is 0. The minimum atomic E-state index is -1.31. The van der Waals surface area contributed by atoms with Crippen LogP contribution in [-0.4, -0.2) is 75.6 Å². The molecular weight excluding hydrogens is 290 g/mol. The van der Waals surface area contributed by atoms with Crippen LogP contribution in [0.25, 0.3) is 0 Å². The third kappa shape index (κ3) is 8.96. The molecule has 0 aliphatic carbocycles. The molecule has 0 spiro atoms. The van der Waals surface area contributed by atoms with E-state index in [1.54, 1.807) is 28.1 Å². The van der Waals surface area contributed by atoms with Gasteiger partial charge in [0, 0.05) is 27.3 Å². The molecule has 0 N–H and O–H groups in total. The Morgan fingerprint density at radius 2 is 1.55 bits per heavy atom. The summed E-state index contributed by atoms with van der Waals surface area (Å²) in [4.78, 5) is 25.8. The van der Waals surface area contributed by atoms with Gasteiger partial charge in [-0.15, -0.1) is 0 Å². The van der Waals surface area contributed by atoms with Crippen LogP contribution < -0.4 is 0 Å². The average Bonchev–Trinajstić information content (AvgIpc) is 2.40. The minimum absolute atomic E-state index is 0.0606. The molecular formula is C15H29NO6. The first kappa shape index (κ1) is 20.8. The fourth-order valence-electron chi connectivity index (χ4n) is 1.61. The molecule has 0 rings (SSSR count). The molecule has 0 atom stereocenters. The number of ether oxygens (including phenoxy) is 4. The summed E-state index contributed by atoms with van der Waals surface area (Å²) in [5.41, 5.74) is -1.31. The molecule has 130 valence electrons. The number of carbonyl (C=O) groups excluding carboxylic acids is 2. The fourth-order valence-corrected chi connectivity index (χ4v) is 1.61. The number of nitrogens with zero attached hydrogens (tertiary/aromatic N) is 1. The van der Waals surface area contributed by atoms with Crippen LogP contribution in [0, 0.1) is 0 Å². The Balaban J connectivity index is 4.49. The topological polar surface area (TPSA) is 74.3 Å². The lowest BCUT2D eigenvalue weighted by Crippen LogP contribution is -2.43. The lowest BCUT2D eigenvalue weighted by Gasteiger charge is -2.26. The summed E-state index contributed by atoms with van der Waals surface area (Å²) in [6, 6.07) is 0. The van der Waals surface area contributed by atoms with Crippen LogP contribution in [0.5, 0.6) is 0 Å². The molecule has 7 nitrogen and oxygen atoms in total. The predicted octanol–water partition coefficient (Wildman–Crippen LogP) is 0.855. The van der Waals surface area contributed by atoms with Crippen LogP contribution in [0.3, 0.4) is 0 Å². The van der Waals surface area contributed by atoms with Crippen molar-refractivity contribution in [2.75, 3.05) is 47.1 Å². The summed E-state index contributed by atoms with van der Waals surface area (Å²) in [5, 5.41) is 0. The van der Waals surface area contributed by atoms with Gasteiger partial charge in [0.05, 0.1) is 25.9 Å². The lowest BCUT2D eigenvalue weighted by atomic mass is 10.1. The number of esters is 2. The number of rotatable bonds is 11. The van der Waals surface area contributed by atoms with Crippen molar-refractivity contribution < 1.29 is 28.5 Å². The van der Waals surface area contributed by atoms with Crippen LogP contribution >= 0.6 is 0 Å². The highest BCUT2D eigenvalue weighted by molar-refractivity contribution is 5.83. The molecule has 0 aromatic carbocycles. The van der Waals surface area contributed by atoms with E-state index in [1.807, 2.05) is 4.90 Å². The van der Waals surface area contributed by atoms with Gasteiger partial charge in [0.2, 0.25) is 5.60 Å². The van der Waals surface area contributed by atoms with E-state index in [2.05, 4.69) is 0 Å². The first-order chi connectivity index (χ1) is 10.2. The molecule has 0 saturated heterocycles. The van der Waals surface area contributed by atoms with E-state index in [-0.39, 0.29) is 12.6 Å². The van der Waals surface area contributed by atoms with Gasteiger partial charge >= 0.3 is 11.9 Å². The number of methoxy groups -OCH3 is 2. The van der Waals surface area contributed by atoms with Crippen LogP contribution in [0.4, 0.5) is 0 Å². The molecule has 0 bridgehead atoms. The van der Waals surface area contributed by atoms with Crippen LogP contribution in [0.15, 0.2) is 0 Å². The van der Waals surface area contributed by atoms with E-state index in [0.717, 1.165) is 0 Å². The SMILES string of the molecule is COCCN(CCOC)CC(=O)OC(C)(C)C(=O)OC(C)C. The van der Waals surface area contributed by atoms with E-state index < -0.39 is 17.5 Å². The minimum Gasteiger partial charge on any atom is -0.460 e. The molecule has 0 amide bonds. The molecule has 7 heteroatoms. The maximum Gasteiger partial charge on any atom is 0.350 e. The fraction of sp³-hybridized carbons (Fsp3) is 0.867. The van der Waals surface area contributed by atoms with E-state index in [9.17, 15) is 9.59 Å². The third-order valence-corrected chi connectivity index (χ3v) is 2.78. The van der Waals surface area contributed by atoms with Crippen molar-refractivity contribution >= 4 is 11.9 Å². The zero-order chi connectivity index (χ0) is 17.2. The standard InChI is InChI=1S/C15H29NO6/c1-12(2)21-14(18)15(3,4)22-13(17)11-16(7-9-19-5)8-10-20-6/h12H,7-11H2,1-6H3. The molecule has 0 aliphatic rings. The van der Waals surface area contributed by atoms with E-state index >= 15 is 0 Å². The summed E-state index contributed by atoms with van der Waals surface area (Å²) in [7, 11) is 3.19. The van der Waals surface area contributed by atoms with Gasteiger partial charge < -0.3 is 18.9 Å². The summed E-state index contributed by atoms with van der Waals surface area (Å²) >= 11 is 0. The van der Waals surface area contributed by atoms with Crippen molar-refractivity contribution in [1.29, 1.82) is 0 Å².